The Hall–Kier alpha value is -2.61. The Morgan fingerprint density at radius 1 is 1.45 bits per heavy atom. The number of hydrogen-bond acceptors (Lipinski definition) is 4. The molecular formula is C17H15FO4. The molecule has 1 unspecified atom stereocenters. The first-order valence-electron chi connectivity index (χ1n) is 6.86. The van der Waals surface area contributed by atoms with E-state index in [1.54, 1.807) is 0 Å². The number of carbonyl (C=O) groups is 2. The second-order valence-corrected chi connectivity index (χ2v) is 4.77. The lowest BCUT2D eigenvalue weighted by molar-refractivity contribution is -0.140. The Labute approximate surface area is 127 Å². The first-order chi connectivity index (χ1) is 10.6. The molecule has 0 radical (unpaired) electrons. The van der Waals surface area contributed by atoms with Gasteiger partial charge in [-0.25, -0.2) is 9.18 Å². The van der Waals surface area contributed by atoms with Crippen LogP contribution < -0.4 is 0 Å². The van der Waals surface area contributed by atoms with Crippen molar-refractivity contribution in [1.29, 1.82) is 0 Å². The van der Waals surface area contributed by atoms with Crippen LogP contribution in [-0.2, 0) is 19.1 Å². The van der Waals surface area contributed by atoms with Crippen molar-refractivity contribution in [3.05, 3.63) is 41.2 Å². The Morgan fingerprint density at radius 3 is 2.73 bits per heavy atom. The lowest BCUT2D eigenvalue weighted by atomic mass is 9.91. The van der Waals surface area contributed by atoms with E-state index in [0.717, 1.165) is 0 Å². The van der Waals surface area contributed by atoms with Gasteiger partial charge in [0.05, 0.1) is 12.5 Å². The summed E-state index contributed by atoms with van der Waals surface area (Å²) in [5.74, 6) is 0.297. The summed E-state index contributed by atoms with van der Waals surface area (Å²) in [6.45, 7) is 1.77. The maximum absolute atomic E-state index is 13.0. The average Bonchev–Trinajstić information content (AvgIpc) is 2.53. The fourth-order valence-corrected chi connectivity index (χ4v) is 2.15. The van der Waals surface area contributed by atoms with E-state index < -0.39 is 17.7 Å². The number of rotatable bonds is 4. The largest absolute Gasteiger partial charge is 0.491 e. The first kappa shape index (κ1) is 15.8. The van der Waals surface area contributed by atoms with Crippen LogP contribution in [0.3, 0.4) is 0 Å². The Kier molecular flexibility index (Phi) is 4.95. The minimum atomic E-state index is -0.819. The van der Waals surface area contributed by atoms with E-state index in [2.05, 4.69) is 5.92 Å². The minimum absolute atomic E-state index is 0.108. The highest BCUT2D eigenvalue weighted by Gasteiger charge is 2.35. The molecular weight excluding hydrogens is 287 g/mol. The SMILES string of the molecule is C#CCOC(=O)C1=C(c2ccc(F)cc2)OCC(CC)C1=O. The third kappa shape index (κ3) is 3.17. The molecule has 1 heterocycles. The number of esters is 1. The standard InChI is InChI=1S/C17H15FO4/c1-3-9-21-17(20)14-15(19)11(4-2)10-22-16(14)12-5-7-13(18)8-6-12/h1,5-8,11H,4,9-10H2,2H3. The van der Waals surface area contributed by atoms with Gasteiger partial charge in [0.1, 0.15) is 17.1 Å². The van der Waals surface area contributed by atoms with Gasteiger partial charge in [-0.1, -0.05) is 12.8 Å². The number of ketones is 1. The maximum Gasteiger partial charge on any atom is 0.346 e. The molecule has 0 spiro atoms. The van der Waals surface area contributed by atoms with Crippen molar-refractivity contribution in [2.75, 3.05) is 13.2 Å². The van der Waals surface area contributed by atoms with Gasteiger partial charge in [0.2, 0.25) is 0 Å². The summed E-state index contributed by atoms with van der Waals surface area (Å²) in [6.07, 6.45) is 5.60. The molecule has 0 saturated carbocycles. The topological polar surface area (TPSA) is 52.6 Å². The highest BCUT2D eigenvalue weighted by Crippen LogP contribution is 2.30. The van der Waals surface area contributed by atoms with E-state index in [1.165, 1.54) is 24.3 Å². The van der Waals surface area contributed by atoms with Crippen LogP contribution in [0.2, 0.25) is 0 Å². The summed E-state index contributed by atoms with van der Waals surface area (Å²) in [5.41, 5.74) is 0.275. The Bertz CT molecular complexity index is 652. The van der Waals surface area contributed by atoms with Gasteiger partial charge in [-0.2, -0.15) is 0 Å². The van der Waals surface area contributed by atoms with E-state index in [9.17, 15) is 14.0 Å². The van der Waals surface area contributed by atoms with Gasteiger partial charge in [0.25, 0.3) is 0 Å². The lowest BCUT2D eigenvalue weighted by Gasteiger charge is -2.25. The number of Topliss-reactive ketones (excluding diaryl/α,β-unsaturated/α-hetero) is 1. The first-order valence-corrected chi connectivity index (χ1v) is 6.86. The van der Waals surface area contributed by atoms with Crippen molar-refractivity contribution < 1.29 is 23.5 Å². The fourth-order valence-electron chi connectivity index (χ4n) is 2.15. The Morgan fingerprint density at radius 2 is 2.14 bits per heavy atom. The van der Waals surface area contributed by atoms with Crippen LogP contribution in [0.1, 0.15) is 18.9 Å². The molecule has 0 saturated heterocycles. The summed E-state index contributed by atoms with van der Waals surface area (Å²) in [6, 6.07) is 5.34. The van der Waals surface area contributed by atoms with Crippen molar-refractivity contribution >= 4 is 17.5 Å². The van der Waals surface area contributed by atoms with Crippen LogP contribution in [0.15, 0.2) is 29.8 Å². The number of halogens is 1. The third-order valence-electron chi connectivity index (χ3n) is 3.36. The van der Waals surface area contributed by atoms with Crippen LogP contribution >= 0.6 is 0 Å². The summed E-state index contributed by atoms with van der Waals surface area (Å²) >= 11 is 0. The van der Waals surface area contributed by atoms with Crippen LogP contribution in [0.5, 0.6) is 0 Å². The number of carbonyl (C=O) groups excluding carboxylic acids is 2. The quantitative estimate of drug-likeness (QED) is 0.487. The van der Waals surface area contributed by atoms with Crippen molar-refractivity contribution in [3.63, 3.8) is 0 Å². The highest BCUT2D eigenvalue weighted by molar-refractivity contribution is 6.23. The second-order valence-electron chi connectivity index (χ2n) is 4.77. The normalized spacial score (nSPS) is 17.7. The molecule has 0 aromatic heterocycles. The van der Waals surface area contributed by atoms with Gasteiger partial charge in [-0.3, -0.25) is 4.79 Å². The zero-order valence-corrected chi connectivity index (χ0v) is 12.1. The lowest BCUT2D eigenvalue weighted by Crippen LogP contribution is -2.31. The number of ether oxygens (including phenoxy) is 2. The molecule has 1 aromatic carbocycles. The molecule has 22 heavy (non-hydrogen) atoms. The van der Waals surface area contributed by atoms with Crippen LogP contribution in [0, 0.1) is 24.1 Å². The molecule has 2 rings (SSSR count). The number of terminal acetylenes is 1. The molecule has 114 valence electrons. The fraction of sp³-hybridized carbons (Fsp3) is 0.294. The monoisotopic (exact) mass is 302 g/mol. The van der Waals surface area contributed by atoms with Crippen LogP contribution in [0.4, 0.5) is 4.39 Å². The molecule has 1 aliphatic rings. The second kappa shape index (κ2) is 6.90. The summed E-state index contributed by atoms with van der Waals surface area (Å²) in [5, 5.41) is 0. The van der Waals surface area contributed by atoms with Gasteiger partial charge in [0, 0.05) is 5.56 Å². The smallest absolute Gasteiger partial charge is 0.346 e. The zero-order valence-electron chi connectivity index (χ0n) is 12.1. The predicted molar refractivity (Wildman–Crippen MR) is 77.9 cm³/mol. The minimum Gasteiger partial charge on any atom is -0.491 e. The molecule has 0 amide bonds. The number of benzene rings is 1. The third-order valence-corrected chi connectivity index (χ3v) is 3.36. The summed E-state index contributed by atoms with van der Waals surface area (Å²) in [7, 11) is 0. The van der Waals surface area contributed by atoms with Gasteiger partial charge < -0.3 is 9.47 Å². The van der Waals surface area contributed by atoms with E-state index in [0.29, 0.717) is 12.0 Å². The van der Waals surface area contributed by atoms with Gasteiger partial charge in [-0.05, 0) is 30.7 Å². The molecule has 0 bridgehead atoms. The van der Waals surface area contributed by atoms with Crippen LogP contribution in [0.25, 0.3) is 5.76 Å². The van der Waals surface area contributed by atoms with Gasteiger partial charge in [-0.15, -0.1) is 6.42 Å². The summed E-state index contributed by atoms with van der Waals surface area (Å²) in [4.78, 5) is 24.6. The predicted octanol–water partition coefficient (Wildman–Crippen LogP) is 2.34. The summed E-state index contributed by atoms with van der Waals surface area (Å²) < 4.78 is 23.5. The molecule has 0 aliphatic carbocycles. The molecule has 0 N–H and O–H groups in total. The van der Waals surface area contributed by atoms with Crippen LogP contribution in [-0.4, -0.2) is 25.0 Å². The maximum atomic E-state index is 13.0. The Balaban J connectivity index is 2.46. The van der Waals surface area contributed by atoms with Crippen molar-refractivity contribution in [1.82, 2.24) is 0 Å². The highest BCUT2D eigenvalue weighted by atomic mass is 19.1. The van der Waals surface area contributed by atoms with E-state index in [-0.39, 0.29) is 30.3 Å². The number of hydrogen-bond donors (Lipinski definition) is 0. The van der Waals surface area contributed by atoms with E-state index >= 15 is 0 Å². The van der Waals surface area contributed by atoms with Crippen molar-refractivity contribution in [2.24, 2.45) is 5.92 Å². The molecule has 1 atom stereocenters. The molecule has 4 nitrogen and oxygen atoms in total. The van der Waals surface area contributed by atoms with Gasteiger partial charge >= 0.3 is 5.97 Å². The molecule has 1 aliphatic heterocycles. The average molecular weight is 302 g/mol. The van der Waals surface area contributed by atoms with E-state index in [1.807, 2.05) is 6.92 Å². The zero-order chi connectivity index (χ0) is 16.1. The molecule has 5 heteroatoms. The molecule has 1 aromatic rings. The van der Waals surface area contributed by atoms with Crippen molar-refractivity contribution in [2.45, 2.75) is 13.3 Å². The van der Waals surface area contributed by atoms with Gasteiger partial charge in [0.15, 0.2) is 12.4 Å². The van der Waals surface area contributed by atoms with E-state index in [4.69, 9.17) is 15.9 Å². The van der Waals surface area contributed by atoms with Crippen molar-refractivity contribution in [3.8, 4) is 12.3 Å². The molecule has 0 fully saturated rings.